The summed E-state index contributed by atoms with van der Waals surface area (Å²) >= 11 is 0. The molecule has 2 heterocycles. The standard InChI is InChI=1S/C31H44N4O4/c1-4-24-28(18-35(29(37)17-32)30(24)19(2)36)39-31-26(33-25-13-12-23(38-3)16-27(25)34-31)9-7-5-6-8-21-11-10-20-14-22(21)15-20/h12-13,16,20-22,24,28,30H,4-11,14-15,17-18,32H2,1-3H3/t20?,21-,22?,24+,28?,30+/m0/s1. The zero-order valence-electron chi connectivity index (χ0n) is 23.7. The number of benzene rings is 1. The lowest BCUT2D eigenvalue weighted by Crippen LogP contribution is -2.44. The van der Waals surface area contributed by atoms with Gasteiger partial charge in [-0.2, -0.15) is 0 Å². The number of methoxy groups -OCH3 is 1. The number of ether oxygens (including phenoxy) is 2. The van der Waals surface area contributed by atoms with Crippen molar-refractivity contribution in [3.63, 3.8) is 0 Å². The van der Waals surface area contributed by atoms with E-state index in [2.05, 4.69) is 0 Å². The third kappa shape index (κ3) is 5.91. The van der Waals surface area contributed by atoms with Crippen LogP contribution in [0.1, 0.15) is 77.3 Å². The highest BCUT2D eigenvalue weighted by Gasteiger charge is 2.46. The van der Waals surface area contributed by atoms with E-state index in [4.69, 9.17) is 25.2 Å². The predicted octanol–water partition coefficient (Wildman–Crippen LogP) is 4.71. The smallest absolute Gasteiger partial charge is 0.237 e. The normalized spacial score (nSPS) is 27.8. The minimum absolute atomic E-state index is 0.0420. The molecule has 212 valence electrons. The van der Waals surface area contributed by atoms with Crippen LogP contribution in [-0.2, 0) is 16.0 Å². The van der Waals surface area contributed by atoms with Gasteiger partial charge in [-0.3, -0.25) is 9.59 Å². The average Bonchev–Trinajstić information content (AvgIpc) is 3.30. The van der Waals surface area contributed by atoms with Crippen LogP contribution in [0.25, 0.3) is 11.0 Å². The summed E-state index contributed by atoms with van der Waals surface area (Å²) in [7, 11) is 1.63. The molecule has 2 bridgehead atoms. The minimum atomic E-state index is -0.529. The fraction of sp³-hybridized carbons (Fsp3) is 0.677. The highest BCUT2D eigenvalue weighted by molar-refractivity contribution is 5.89. The number of unbranched alkanes of at least 4 members (excludes halogenated alkanes) is 2. The number of aryl methyl sites for hydroxylation is 1. The molecule has 4 aliphatic rings. The number of nitrogens with zero attached hydrogens (tertiary/aromatic N) is 3. The number of amides is 1. The lowest BCUT2D eigenvalue weighted by Gasteiger charge is -2.47. The maximum Gasteiger partial charge on any atom is 0.237 e. The molecule has 2 aromatic rings. The summed E-state index contributed by atoms with van der Waals surface area (Å²) in [4.78, 5) is 36.6. The fourth-order valence-electron chi connectivity index (χ4n) is 7.31. The Labute approximate surface area is 232 Å². The molecule has 1 amide bonds. The van der Waals surface area contributed by atoms with Crippen LogP contribution in [0.5, 0.6) is 11.6 Å². The van der Waals surface area contributed by atoms with Crippen LogP contribution in [0.15, 0.2) is 18.2 Å². The molecule has 2 N–H and O–H groups in total. The Kier molecular flexibility index (Phi) is 8.70. The molecular weight excluding hydrogens is 492 g/mol. The fourth-order valence-corrected chi connectivity index (χ4v) is 7.31. The van der Waals surface area contributed by atoms with Gasteiger partial charge in [0.25, 0.3) is 0 Å². The molecule has 39 heavy (non-hydrogen) atoms. The molecule has 8 heteroatoms. The predicted molar refractivity (Wildman–Crippen MR) is 151 cm³/mol. The van der Waals surface area contributed by atoms with Crippen LogP contribution in [0, 0.1) is 23.7 Å². The summed E-state index contributed by atoms with van der Waals surface area (Å²) in [6.07, 6.45) is 11.8. The summed E-state index contributed by atoms with van der Waals surface area (Å²) in [5.74, 6) is 3.77. The van der Waals surface area contributed by atoms with Gasteiger partial charge in [0, 0.05) is 12.0 Å². The van der Waals surface area contributed by atoms with E-state index >= 15 is 0 Å². The number of carbonyl (C=O) groups is 2. The zero-order valence-corrected chi connectivity index (χ0v) is 23.7. The van der Waals surface area contributed by atoms with Gasteiger partial charge in [0.1, 0.15) is 17.5 Å². The van der Waals surface area contributed by atoms with E-state index in [1.807, 2.05) is 25.1 Å². The summed E-state index contributed by atoms with van der Waals surface area (Å²) < 4.78 is 12.0. The topological polar surface area (TPSA) is 108 Å². The molecular formula is C31H44N4O4. The molecule has 3 saturated carbocycles. The Balaban J connectivity index is 1.32. The molecule has 1 aliphatic heterocycles. The van der Waals surface area contributed by atoms with E-state index in [1.165, 1.54) is 51.9 Å². The van der Waals surface area contributed by atoms with Crippen molar-refractivity contribution in [2.45, 2.75) is 90.2 Å². The maximum absolute atomic E-state index is 12.6. The lowest BCUT2D eigenvalue weighted by molar-refractivity contribution is -0.136. The summed E-state index contributed by atoms with van der Waals surface area (Å²) in [5.41, 5.74) is 8.02. The largest absolute Gasteiger partial charge is 0.497 e. The van der Waals surface area contributed by atoms with Crippen molar-refractivity contribution in [3.8, 4) is 11.6 Å². The van der Waals surface area contributed by atoms with Crippen LogP contribution in [-0.4, -0.2) is 58.9 Å². The number of hydrogen-bond acceptors (Lipinski definition) is 7. The first-order chi connectivity index (χ1) is 18.9. The number of rotatable bonds is 12. The molecule has 0 radical (unpaired) electrons. The first-order valence-electron chi connectivity index (χ1n) is 14.9. The van der Waals surface area contributed by atoms with E-state index in [0.29, 0.717) is 30.1 Å². The Bertz CT molecular complexity index is 1180. The molecule has 1 unspecified atom stereocenters. The second kappa shape index (κ2) is 12.2. The van der Waals surface area contributed by atoms with Crippen LogP contribution in [0.2, 0.25) is 0 Å². The molecule has 1 aromatic carbocycles. The van der Waals surface area contributed by atoms with Crippen LogP contribution >= 0.6 is 0 Å². The number of fused-ring (bicyclic) bond motifs is 3. The average molecular weight is 537 g/mol. The lowest BCUT2D eigenvalue weighted by atomic mass is 9.59. The SMILES string of the molecule is CC[C@@H]1C(Oc2nc3cc(OC)ccc3nc2CCCCC[C@H]2CCC3CC2C3)CN(C(=O)CN)[C@@H]1C(C)=O. The van der Waals surface area contributed by atoms with Gasteiger partial charge in [-0.25, -0.2) is 9.97 Å². The van der Waals surface area contributed by atoms with Crippen molar-refractivity contribution in [1.29, 1.82) is 0 Å². The van der Waals surface area contributed by atoms with Crippen LogP contribution < -0.4 is 15.2 Å². The van der Waals surface area contributed by atoms with Gasteiger partial charge in [-0.05, 0) is 75.3 Å². The second-order valence-electron chi connectivity index (χ2n) is 11.9. The van der Waals surface area contributed by atoms with E-state index in [-0.39, 0.29) is 30.3 Å². The zero-order chi connectivity index (χ0) is 27.5. The summed E-state index contributed by atoms with van der Waals surface area (Å²) in [6, 6.07) is 5.16. The van der Waals surface area contributed by atoms with Crippen molar-refractivity contribution >= 4 is 22.7 Å². The van der Waals surface area contributed by atoms with E-state index < -0.39 is 6.04 Å². The highest BCUT2D eigenvalue weighted by Crippen LogP contribution is 2.50. The molecule has 4 fully saturated rings. The highest BCUT2D eigenvalue weighted by atomic mass is 16.5. The first-order valence-corrected chi connectivity index (χ1v) is 14.9. The van der Waals surface area contributed by atoms with Gasteiger partial charge >= 0.3 is 0 Å². The van der Waals surface area contributed by atoms with Gasteiger partial charge < -0.3 is 20.1 Å². The Morgan fingerprint density at radius 1 is 1.10 bits per heavy atom. The number of Topliss-reactive ketones (excluding diaryl/α,β-unsaturated/α-hetero) is 1. The van der Waals surface area contributed by atoms with E-state index in [1.54, 1.807) is 12.0 Å². The molecule has 1 aromatic heterocycles. The maximum atomic E-state index is 12.6. The number of ketones is 1. The van der Waals surface area contributed by atoms with E-state index in [9.17, 15) is 9.59 Å². The first kappa shape index (κ1) is 27.8. The molecule has 1 saturated heterocycles. The summed E-state index contributed by atoms with van der Waals surface area (Å²) in [5, 5.41) is 0. The third-order valence-corrected chi connectivity index (χ3v) is 9.52. The monoisotopic (exact) mass is 536 g/mol. The molecule has 3 aliphatic carbocycles. The van der Waals surface area contributed by atoms with Crippen LogP contribution in [0.3, 0.4) is 0 Å². The molecule has 6 rings (SSSR count). The van der Waals surface area contributed by atoms with Crippen LogP contribution in [0.4, 0.5) is 0 Å². The van der Waals surface area contributed by atoms with Gasteiger partial charge in [-0.15, -0.1) is 0 Å². The number of aromatic nitrogens is 2. The number of nitrogens with two attached hydrogens (primary N) is 1. The van der Waals surface area contributed by atoms with Crippen molar-refractivity contribution in [3.05, 3.63) is 23.9 Å². The number of likely N-dealkylation sites (tertiary alicyclic amines) is 1. The van der Waals surface area contributed by atoms with Crippen molar-refractivity contribution in [2.75, 3.05) is 20.2 Å². The summed E-state index contributed by atoms with van der Waals surface area (Å²) in [6.45, 7) is 3.76. The van der Waals surface area contributed by atoms with Gasteiger partial charge in [0.05, 0.1) is 37.3 Å². The molecule has 4 atom stereocenters. The van der Waals surface area contributed by atoms with E-state index in [0.717, 1.165) is 41.8 Å². The quantitative estimate of drug-likeness (QED) is 0.392. The minimum Gasteiger partial charge on any atom is -0.497 e. The van der Waals surface area contributed by atoms with Gasteiger partial charge in [0.2, 0.25) is 11.8 Å². The second-order valence-corrected chi connectivity index (χ2v) is 11.9. The molecule has 0 spiro atoms. The van der Waals surface area contributed by atoms with Gasteiger partial charge in [-0.1, -0.05) is 32.6 Å². The molecule has 8 nitrogen and oxygen atoms in total. The third-order valence-electron chi connectivity index (χ3n) is 9.52. The number of hydrogen-bond donors (Lipinski definition) is 1. The van der Waals surface area contributed by atoms with Crippen molar-refractivity contribution in [1.82, 2.24) is 14.9 Å². The Hall–Kier alpha value is -2.74. The van der Waals surface area contributed by atoms with Crippen molar-refractivity contribution in [2.24, 2.45) is 29.4 Å². The van der Waals surface area contributed by atoms with Crippen molar-refractivity contribution < 1.29 is 19.1 Å². The Morgan fingerprint density at radius 3 is 2.59 bits per heavy atom. The van der Waals surface area contributed by atoms with Gasteiger partial charge in [0.15, 0.2) is 5.78 Å². The number of carbonyl (C=O) groups excluding carboxylic acids is 2. The Morgan fingerprint density at radius 2 is 1.92 bits per heavy atom.